The first-order valence-corrected chi connectivity index (χ1v) is 23.3. The van der Waals surface area contributed by atoms with Gasteiger partial charge in [0.05, 0.1) is 5.69 Å². The molecule has 0 amide bonds. The lowest BCUT2D eigenvalue weighted by Gasteiger charge is -2.28. The summed E-state index contributed by atoms with van der Waals surface area (Å²) >= 11 is 0. The van der Waals surface area contributed by atoms with Crippen LogP contribution in [0.15, 0.2) is 265 Å². The quantitative estimate of drug-likeness (QED) is 0.142. The van der Waals surface area contributed by atoms with Crippen molar-refractivity contribution in [3.8, 4) is 55.6 Å². The fraction of sp³-hybridized carbons (Fsp3) is 0. The summed E-state index contributed by atoms with van der Waals surface area (Å²) in [6.45, 7) is 0. The zero-order chi connectivity index (χ0) is 45.0. The second-order valence-electron chi connectivity index (χ2n) is 17.6. The molecule has 68 heavy (non-hydrogen) atoms. The zero-order valence-corrected chi connectivity index (χ0v) is 37.2. The minimum absolute atomic E-state index is 0.905. The van der Waals surface area contributed by atoms with E-state index >= 15 is 0 Å². The Morgan fingerprint density at radius 1 is 0.235 bits per heavy atom. The van der Waals surface area contributed by atoms with Crippen LogP contribution in [-0.4, -0.2) is 0 Å². The lowest BCUT2D eigenvalue weighted by Crippen LogP contribution is -2.10. The normalized spacial score (nSPS) is 11.5. The van der Waals surface area contributed by atoms with Crippen LogP contribution in [0.5, 0.6) is 0 Å². The first-order valence-electron chi connectivity index (χ1n) is 23.3. The Balaban J connectivity index is 0.832. The standard InChI is InChI=1S/C66H43NO/c1-2-14-44(15-3-1)46-34-38-53(39-35-46)67(64-43-52-17-5-7-22-56(52)58-23-8-9-24-60(58)64)54-40-36-47(37-41-54)45-30-32-48(33-31-45)50-19-10-20-51(42-50)57-25-12-28-62-63-29-13-27-61(66(63)68-65(57)62)59-26-11-18-49-16-4-6-21-55(49)59/h1-43H. The molecule has 318 valence electrons. The fourth-order valence-corrected chi connectivity index (χ4v) is 10.3. The lowest BCUT2D eigenvalue weighted by atomic mass is 9.95. The van der Waals surface area contributed by atoms with E-state index in [2.05, 4.69) is 266 Å². The van der Waals surface area contributed by atoms with Crippen LogP contribution in [0.1, 0.15) is 0 Å². The average Bonchev–Trinajstić information content (AvgIpc) is 3.81. The highest BCUT2D eigenvalue weighted by molar-refractivity contribution is 6.16. The number of hydrogen-bond acceptors (Lipinski definition) is 2. The van der Waals surface area contributed by atoms with E-state index in [0.717, 1.165) is 72.4 Å². The maximum Gasteiger partial charge on any atom is 0.143 e. The van der Waals surface area contributed by atoms with Crippen LogP contribution in [0.2, 0.25) is 0 Å². The Morgan fingerprint density at radius 2 is 0.662 bits per heavy atom. The van der Waals surface area contributed by atoms with Gasteiger partial charge in [0.1, 0.15) is 11.2 Å². The largest absolute Gasteiger partial charge is 0.455 e. The maximum atomic E-state index is 6.91. The number of rotatable bonds is 8. The van der Waals surface area contributed by atoms with E-state index < -0.39 is 0 Å². The molecule has 0 saturated carbocycles. The Hall–Kier alpha value is -8.98. The molecule has 0 fully saturated rings. The van der Waals surface area contributed by atoms with E-state index in [9.17, 15) is 0 Å². The first kappa shape index (κ1) is 39.4. The fourth-order valence-electron chi connectivity index (χ4n) is 10.3. The van der Waals surface area contributed by atoms with Crippen molar-refractivity contribution in [3.63, 3.8) is 0 Å². The molecule has 2 heteroatoms. The molecule has 0 spiro atoms. The monoisotopic (exact) mass is 865 g/mol. The highest BCUT2D eigenvalue weighted by Crippen LogP contribution is 2.44. The number of benzene rings is 12. The minimum Gasteiger partial charge on any atom is -0.455 e. The SMILES string of the molecule is c1ccc(-c2ccc(N(c3ccc(-c4ccc(-c5cccc(-c6cccc7c6oc6c(-c8cccc9ccccc89)cccc67)c5)cc4)cc3)c3cc4ccccc4c4ccccc34)cc2)cc1. The van der Waals surface area contributed by atoms with Crippen molar-refractivity contribution < 1.29 is 4.42 Å². The van der Waals surface area contributed by atoms with Crippen LogP contribution in [0.4, 0.5) is 17.1 Å². The van der Waals surface area contributed by atoms with Gasteiger partial charge >= 0.3 is 0 Å². The van der Waals surface area contributed by atoms with Gasteiger partial charge in [-0.1, -0.05) is 224 Å². The molecule has 0 radical (unpaired) electrons. The Labute approximate surface area is 395 Å². The second kappa shape index (κ2) is 16.5. The van der Waals surface area contributed by atoms with E-state index in [-0.39, 0.29) is 0 Å². The topological polar surface area (TPSA) is 16.4 Å². The first-order chi connectivity index (χ1) is 33.7. The molecule has 0 aliphatic rings. The van der Waals surface area contributed by atoms with Crippen molar-refractivity contribution in [2.24, 2.45) is 0 Å². The molecular formula is C66H43NO. The molecule has 0 saturated heterocycles. The summed E-state index contributed by atoms with van der Waals surface area (Å²) in [6, 6.07) is 94.2. The van der Waals surface area contributed by atoms with E-state index in [4.69, 9.17) is 4.42 Å². The summed E-state index contributed by atoms with van der Waals surface area (Å²) in [5.41, 5.74) is 16.7. The van der Waals surface area contributed by atoms with Crippen molar-refractivity contribution in [2.45, 2.75) is 0 Å². The summed E-state index contributed by atoms with van der Waals surface area (Å²) in [7, 11) is 0. The van der Waals surface area contributed by atoms with Gasteiger partial charge in [0, 0.05) is 38.7 Å². The van der Waals surface area contributed by atoms with Crippen molar-refractivity contribution in [2.75, 3.05) is 4.90 Å². The van der Waals surface area contributed by atoms with Gasteiger partial charge in [0.25, 0.3) is 0 Å². The Kier molecular flexibility index (Phi) is 9.54. The Bertz CT molecular complexity index is 3990. The van der Waals surface area contributed by atoms with E-state index in [1.54, 1.807) is 0 Å². The minimum atomic E-state index is 0.905. The third-order valence-electron chi connectivity index (χ3n) is 13.7. The molecule has 1 heterocycles. The van der Waals surface area contributed by atoms with Crippen LogP contribution >= 0.6 is 0 Å². The molecule has 0 aliphatic heterocycles. The predicted molar refractivity (Wildman–Crippen MR) is 288 cm³/mol. The number of para-hydroxylation sites is 2. The number of furan rings is 1. The van der Waals surface area contributed by atoms with Crippen LogP contribution in [0.25, 0.3) is 110 Å². The summed E-state index contributed by atoms with van der Waals surface area (Å²) in [4.78, 5) is 2.40. The number of anilines is 3. The number of fused-ring (bicyclic) bond motifs is 7. The Morgan fingerprint density at radius 3 is 1.35 bits per heavy atom. The van der Waals surface area contributed by atoms with E-state index in [1.807, 2.05) is 0 Å². The van der Waals surface area contributed by atoms with Crippen molar-refractivity contribution in [1.82, 2.24) is 0 Å². The maximum absolute atomic E-state index is 6.91. The van der Waals surface area contributed by atoms with Gasteiger partial charge in [0.2, 0.25) is 0 Å². The molecule has 0 unspecified atom stereocenters. The van der Waals surface area contributed by atoms with Gasteiger partial charge in [-0.2, -0.15) is 0 Å². The smallest absolute Gasteiger partial charge is 0.143 e. The van der Waals surface area contributed by atoms with Crippen molar-refractivity contribution in [1.29, 1.82) is 0 Å². The van der Waals surface area contributed by atoms with Gasteiger partial charge in [-0.15, -0.1) is 0 Å². The molecule has 13 rings (SSSR count). The van der Waals surface area contributed by atoms with E-state index in [0.29, 0.717) is 0 Å². The van der Waals surface area contributed by atoms with Gasteiger partial charge in [-0.3, -0.25) is 0 Å². The lowest BCUT2D eigenvalue weighted by molar-refractivity contribution is 0.671. The van der Waals surface area contributed by atoms with E-state index in [1.165, 1.54) is 54.6 Å². The molecule has 0 atom stereocenters. The van der Waals surface area contributed by atoms with Gasteiger partial charge in [0.15, 0.2) is 0 Å². The molecule has 0 N–H and O–H groups in total. The van der Waals surface area contributed by atoms with Gasteiger partial charge in [-0.05, 0) is 108 Å². The van der Waals surface area contributed by atoms with Gasteiger partial charge in [-0.25, -0.2) is 0 Å². The average molecular weight is 866 g/mol. The molecule has 1 aromatic heterocycles. The zero-order valence-electron chi connectivity index (χ0n) is 37.2. The summed E-state index contributed by atoms with van der Waals surface area (Å²) in [5, 5.41) is 9.61. The highest BCUT2D eigenvalue weighted by Gasteiger charge is 2.20. The van der Waals surface area contributed by atoms with Crippen LogP contribution in [0.3, 0.4) is 0 Å². The summed E-state index contributed by atoms with van der Waals surface area (Å²) < 4.78 is 6.91. The second-order valence-corrected chi connectivity index (χ2v) is 17.6. The molecule has 0 bridgehead atoms. The molecular weight excluding hydrogens is 823 g/mol. The predicted octanol–water partition coefficient (Wildman–Crippen LogP) is 18.9. The van der Waals surface area contributed by atoms with Crippen LogP contribution < -0.4 is 4.90 Å². The third kappa shape index (κ3) is 6.82. The van der Waals surface area contributed by atoms with Crippen LogP contribution in [0, 0.1) is 0 Å². The molecule has 2 nitrogen and oxygen atoms in total. The van der Waals surface area contributed by atoms with Crippen molar-refractivity contribution >= 4 is 71.3 Å². The molecule has 0 aliphatic carbocycles. The number of hydrogen-bond donors (Lipinski definition) is 0. The molecule has 12 aromatic carbocycles. The van der Waals surface area contributed by atoms with Crippen molar-refractivity contribution in [3.05, 3.63) is 261 Å². The van der Waals surface area contributed by atoms with Crippen LogP contribution in [-0.2, 0) is 0 Å². The highest BCUT2D eigenvalue weighted by atomic mass is 16.3. The summed E-state index contributed by atoms with van der Waals surface area (Å²) in [5.74, 6) is 0. The summed E-state index contributed by atoms with van der Waals surface area (Å²) in [6.07, 6.45) is 0. The van der Waals surface area contributed by atoms with Gasteiger partial charge < -0.3 is 9.32 Å². The molecule has 13 aromatic rings. The number of nitrogens with zero attached hydrogens (tertiary/aromatic N) is 1. The third-order valence-corrected chi connectivity index (χ3v) is 13.7.